The molecular weight excluding hydrogens is 399 g/mol. The van der Waals surface area contributed by atoms with Crippen molar-refractivity contribution in [3.05, 3.63) is 81.1 Å². The van der Waals surface area contributed by atoms with Crippen LogP contribution in [-0.2, 0) is 19.5 Å². The van der Waals surface area contributed by atoms with Gasteiger partial charge in [0.05, 0.1) is 13.1 Å². The highest BCUT2D eigenvalue weighted by atomic mass is 32.1. The topological polar surface area (TPSA) is 58.1 Å². The van der Waals surface area contributed by atoms with Crippen molar-refractivity contribution < 1.29 is 9.18 Å². The highest BCUT2D eigenvalue weighted by Gasteiger charge is 2.28. The van der Waals surface area contributed by atoms with Crippen LogP contribution in [0.3, 0.4) is 0 Å². The highest BCUT2D eigenvalue weighted by Crippen LogP contribution is 2.36. The molecule has 4 rings (SSSR count). The van der Waals surface area contributed by atoms with Crippen LogP contribution in [0.25, 0.3) is 0 Å². The largest absolute Gasteiger partial charge is 0.346 e. The number of nitrogens with one attached hydrogen (secondary N) is 1. The molecule has 1 N–H and O–H groups in total. The molecule has 0 aliphatic heterocycles. The van der Waals surface area contributed by atoms with Crippen molar-refractivity contribution in [3.63, 3.8) is 0 Å². The average Bonchev–Trinajstić information content (AvgIpc) is 3.40. The fraction of sp³-hybridized carbons (Fsp3) is 0.261. The summed E-state index contributed by atoms with van der Waals surface area (Å²) in [6, 6.07) is 14.7. The van der Waals surface area contributed by atoms with E-state index in [2.05, 4.69) is 50.6 Å². The first-order valence-electron chi connectivity index (χ1n) is 9.74. The number of carbonyl (C=O) groups is 1. The number of carbonyl (C=O) groups excluding carboxylic acids is 1. The van der Waals surface area contributed by atoms with Gasteiger partial charge in [0.1, 0.15) is 10.8 Å². The smallest absolute Gasteiger partial charge is 0.282 e. The number of aromatic nitrogens is 2. The fourth-order valence-electron chi connectivity index (χ4n) is 3.75. The van der Waals surface area contributed by atoms with Crippen molar-refractivity contribution in [2.24, 2.45) is 0 Å². The van der Waals surface area contributed by atoms with Gasteiger partial charge < -0.3 is 5.32 Å². The Hall–Kier alpha value is -3.08. The Balaban J connectivity index is 1.40. The standard InChI is InChI=1S/C23H21FN4OS/c1-2-13-28(20-12-9-17-5-3-4-6-19(17)20)15-21-26-27-23(30-21)22(29)25-14-16-7-10-18(24)11-8-16/h1,3-8,10-11,20H,9,12-15H2,(H,25,29). The van der Waals surface area contributed by atoms with Crippen molar-refractivity contribution in [1.82, 2.24) is 20.4 Å². The Bertz CT molecular complexity index is 1070. The molecule has 1 aliphatic carbocycles. The summed E-state index contributed by atoms with van der Waals surface area (Å²) >= 11 is 1.27. The molecule has 1 unspecified atom stereocenters. The molecule has 0 radical (unpaired) electrons. The third-order valence-corrected chi connectivity index (χ3v) is 6.11. The summed E-state index contributed by atoms with van der Waals surface area (Å²) in [5, 5.41) is 12.1. The molecule has 2 aromatic carbocycles. The first kappa shape index (κ1) is 20.2. The molecule has 0 saturated heterocycles. The van der Waals surface area contributed by atoms with Crippen LogP contribution in [0.4, 0.5) is 4.39 Å². The molecule has 0 fully saturated rings. The van der Waals surface area contributed by atoms with Crippen LogP contribution >= 0.6 is 11.3 Å². The van der Waals surface area contributed by atoms with E-state index in [-0.39, 0.29) is 17.8 Å². The second-order valence-corrected chi connectivity index (χ2v) is 8.23. The number of terminal acetylenes is 1. The predicted molar refractivity (Wildman–Crippen MR) is 114 cm³/mol. The first-order chi connectivity index (χ1) is 14.6. The number of hydrogen-bond donors (Lipinski definition) is 1. The molecule has 0 bridgehead atoms. The van der Waals surface area contributed by atoms with E-state index in [1.807, 2.05) is 0 Å². The van der Waals surface area contributed by atoms with Crippen LogP contribution in [0.15, 0.2) is 48.5 Å². The van der Waals surface area contributed by atoms with E-state index in [4.69, 9.17) is 6.42 Å². The van der Waals surface area contributed by atoms with Gasteiger partial charge in [-0.15, -0.1) is 16.6 Å². The zero-order valence-electron chi connectivity index (χ0n) is 16.3. The van der Waals surface area contributed by atoms with Crippen molar-refractivity contribution in [2.45, 2.75) is 32.0 Å². The van der Waals surface area contributed by atoms with Gasteiger partial charge in [-0.1, -0.05) is 53.7 Å². The molecule has 1 atom stereocenters. The molecule has 5 nitrogen and oxygen atoms in total. The Morgan fingerprint density at radius 3 is 2.83 bits per heavy atom. The Morgan fingerprint density at radius 2 is 2.03 bits per heavy atom. The molecule has 1 aromatic heterocycles. The molecule has 3 aromatic rings. The molecule has 1 amide bonds. The summed E-state index contributed by atoms with van der Waals surface area (Å²) < 4.78 is 13.0. The first-order valence-corrected chi connectivity index (χ1v) is 10.6. The monoisotopic (exact) mass is 420 g/mol. The quantitative estimate of drug-likeness (QED) is 0.592. The summed E-state index contributed by atoms with van der Waals surface area (Å²) in [4.78, 5) is 14.6. The number of rotatable bonds is 7. The lowest BCUT2D eigenvalue weighted by Gasteiger charge is -2.26. The molecule has 7 heteroatoms. The van der Waals surface area contributed by atoms with E-state index in [0.717, 1.165) is 23.4 Å². The number of fused-ring (bicyclic) bond motifs is 1. The van der Waals surface area contributed by atoms with Gasteiger partial charge in [-0.2, -0.15) is 0 Å². The summed E-state index contributed by atoms with van der Waals surface area (Å²) in [6.45, 7) is 1.35. The normalized spacial score (nSPS) is 15.0. The second kappa shape index (κ2) is 9.16. The van der Waals surface area contributed by atoms with Gasteiger partial charge in [-0.05, 0) is 41.7 Å². The maximum atomic E-state index is 13.0. The Morgan fingerprint density at radius 1 is 1.23 bits per heavy atom. The number of benzene rings is 2. The predicted octanol–water partition coefficient (Wildman–Crippen LogP) is 3.73. The summed E-state index contributed by atoms with van der Waals surface area (Å²) in [5.74, 6) is 2.15. The van der Waals surface area contributed by atoms with E-state index in [1.54, 1.807) is 12.1 Å². The second-order valence-electron chi connectivity index (χ2n) is 7.17. The summed E-state index contributed by atoms with van der Waals surface area (Å²) in [7, 11) is 0. The molecule has 0 saturated carbocycles. The third-order valence-electron chi connectivity index (χ3n) is 5.20. The number of nitrogens with zero attached hydrogens (tertiary/aromatic N) is 3. The van der Waals surface area contributed by atoms with E-state index in [0.29, 0.717) is 24.6 Å². The maximum Gasteiger partial charge on any atom is 0.282 e. The number of amides is 1. The van der Waals surface area contributed by atoms with Gasteiger partial charge >= 0.3 is 0 Å². The van der Waals surface area contributed by atoms with Crippen molar-refractivity contribution in [2.75, 3.05) is 6.54 Å². The maximum absolute atomic E-state index is 13.0. The lowest BCUT2D eigenvalue weighted by atomic mass is 10.1. The van der Waals surface area contributed by atoms with E-state index < -0.39 is 0 Å². The van der Waals surface area contributed by atoms with Gasteiger partial charge in [0, 0.05) is 12.6 Å². The van der Waals surface area contributed by atoms with E-state index in [9.17, 15) is 9.18 Å². The van der Waals surface area contributed by atoms with Gasteiger partial charge in [0.2, 0.25) is 5.01 Å². The third kappa shape index (κ3) is 4.56. The van der Waals surface area contributed by atoms with Crippen LogP contribution in [0, 0.1) is 18.2 Å². The molecule has 152 valence electrons. The Labute approximate surface area is 179 Å². The minimum atomic E-state index is -0.305. The van der Waals surface area contributed by atoms with Gasteiger partial charge in [0.25, 0.3) is 5.91 Å². The minimum Gasteiger partial charge on any atom is -0.346 e. The van der Waals surface area contributed by atoms with E-state index >= 15 is 0 Å². The summed E-state index contributed by atoms with van der Waals surface area (Å²) in [6.07, 6.45) is 7.67. The zero-order valence-corrected chi connectivity index (χ0v) is 17.2. The lowest BCUT2D eigenvalue weighted by Crippen LogP contribution is -2.27. The molecule has 1 aliphatic rings. The van der Waals surface area contributed by atoms with Crippen molar-refractivity contribution in [1.29, 1.82) is 0 Å². The lowest BCUT2D eigenvalue weighted by molar-refractivity contribution is 0.0950. The number of hydrogen-bond acceptors (Lipinski definition) is 5. The van der Waals surface area contributed by atoms with Crippen molar-refractivity contribution in [3.8, 4) is 12.3 Å². The van der Waals surface area contributed by atoms with Gasteiger partial charge in [-0.25, -0.2) is 4.39 Å². The van der Waals surface area contributed by atoms with Crippen LogP contribution < -0.4 is 5.32 Å². The van der Waals surface area contributed by atoms with Crippen molar-refractivity contribution >= 4 is 17.2 Å². The Kier molecular flexibility index (Phi) is 6.17. The van der Waals surface area contributed by atoms with Gasteiger partial charge in [-0.3, -0.25) is 9.69 Å². The van der Waals surface area contributed by atoms with Crippen LogP contribution in [0.5, 0.6) is 0 Å². The molecule has 30 heavy (non-hydrogen) atoms. The average molecular weight is 421 g/mol. The minimum absolute atomic E-state index is 0.247. The number of halogens is 1. The molecular formula is C23H21FN4OS. The van der Waals surface area contributed by atoms with Crippen LogP contribution in [0.1, 0.15) is 44.0 Å². The molecule has 1 heterocycles. The van der Waals surface area contributed by atoms with Crippen LogP contribution in [-0.4, -0.2) is 27.5 Å². The highest BCUT2D eigenvalue weighted by molar-refractivity contribution is 7.13. The van der Waals surface area contributed by atoms with Crippen LogP contribution in [0.2, 0.25) is 0 Å². The zero-order chi connectivity index (χ0) is 20.9. The summed E-state index contributed by atoms with van der Waals surface area (Å²) in [5.41, 5.74) is 3.49. The molecule has 0 spiro atoms. The fourth-order valence-corrected chi connectivity index (χ4v) is 4.53. The number of aryl methyl sites for hydroxylation is 1. The van der Waals surface area contributed by atoms with Gasteiger partial charge in [0.15, 0.2) is 0 Å². The van der Waals surface area contributed by atoms with E-state index in [1.165, 1.54) is 34.6 Å². The SMILES string of the molecule is C#CCN(Cc1nnc(C(=O)NCc2ccc(F)cc2)s1)C1CCc2ccccc21.